The van der Waals surface area contributed by atoms with Crippen LogP contribution in [0.3, 0.4) is 0 Å². The lowest BCUT2D eigenvalue weighted by Gasteiger charge is -2.09. The van der Waals surface area contributed by atoms with Gasteiger partial charge in [0.05, 0.1) is 5.52 Å². The van der Waals surface area contributed by atoms with E-state index in [0.29, 0.717) is 5.75 Å². The summed E-state index contributed by atoms with van der Waals surface area (Å²) >= 11 is 4.00. The minimum Gasteiger partial charge on any atom is -0.423 e. The lowest BCUT2D eigenvalue weighted by Crippen LogP contribution is -2.35. The fraction of sp³-hybridized carbons (Fsp3) is 0.133. The molecule has 0 saturated carbocycles. The first-order valence-corrected chi connectivity index (χ1v) is 6.91. The predicted molar refractivity (Wildman–Crippen MR) is 83.3 cm³/mol. The highest BCUT2D eigenvalue weighted by atomic mass is 32.1. The van der Waals surface area contributed by atoms with Crippen LogP contribution in [0.1, 0.15) is 0 Å². The van der Waals surface area contributed by atoms with Crippen LogP contribution in [0.15, 0.2) is 42.5 Å². The molecule has 0 fully saturated rings. The fourth-order valence-corrected chi connectivity index (χ4v) is 2.34. The molecule has 1 heterocycles. The van der Waals surface area contributed by atoms with E-state index in [1.165, 1.54) is 0 Å². The van der Waals surface area contributed by atoms with Crippen molar-refractivity contribution < 1.29 is 9.53 Å². The number of hydrogen-bond acceptors (Lipinski definition) is 4. The van der Waals surface area contributed by atoms with E-state index in [-0.39, 0.29) is 5.75 Å². The number of aromatic amines is 1. The predicted octanol–water partition coefficient (Wildman–Crippen LogP) is 2.48. The fourth-order valence-electron chi connectivity index (χ4n) is 2.19. The van der Waals surface area contributed by atoms with Crippen LogP contribution in [0.2, 0.25) is 0 Å². The summed E-state index contributed by atoms with van der Waals surface area (Å²) in [4.78, 5) is 15.1. The van der Waals surface area contributed by atoms with Crippen molar-refractivity contribution in [3.63, 3.8) is 0 Å². The van der Waals surface area contributed by atoms with Gasteiger partial charge in [0.15, 0.2) is 5.75 Å². The quantitative estimate of drug-likeness (QED) is 0.393. The van der Waals surface area contributed by atoms with Crippen molar-refractivity contribution in [3.8, 4) is 5.75 Å². The molecule has 0 bridgehead atoms. The minimum absolute atomic E-state index is 0.251. The Balaban J connectivity index is 2.10. The van der Waals surface area contributed by atoms with Gasteiger partial charge < -0.3 is 15.5 Å². The van der Waals surface area contributed by atoms with E-state index >= 15 is 0 Å². The Kier molecular flexibility index (Phi) is 3.38. The molecule has 0 aliphatic rings. The van der Waals surface area contributed by atoms with E-state index in [1.54, 1.807) is 6.07 Å². The van der Waals surface area contributed by atoms with Gasteiger partial charge in [-0.15, -0.1) is 0 Å². The molecule has 2 aromatic carbocycles. The van der Waals surface area contributed by atoms with Crippen molar-refractivity contribution in [2.24, 2.45) is 5.73 Å². The Morgan fingerprint density at radius 1 is 1.20 bits per heavy atom. The maximum atomic E-state index is 11.8. The Morgan fingerprint density at radius 3 is 2.75 bits per heavy atom. The molecule has 1 aromatic heterocycles. The molecule has 3 aromatic rings. The van der Waals surface area contributed by atoms with E-state index in [1.807, 2.05) is 36.4 Å². The highest BCUT2D eigenvalue weighted by Crippen LogP contribution is 2.31. The summed E-state index contributed by atoms with van der Waals surface area (Å²) in [6.45, 7) is 0. The molecule has 102 valence electrons. The van der Waals surface area contributed by atoms with Crippen molar-refractivity contribution in [3.05, 3.63) is 42.5 Å². The number of rotatable bonds is 3. The zero-order valence-electron chi connectivity index (χ0n) is 10.7. The minimum atomic E-state index is -0.724. The van der Waals surface area contributed by atoms with E-state index in [2.05, 4.69) is 17.6 Å². The molecule has 4 nitrogen and oxygen atoms in total. The molecular formula is C15H14N2O2S. The number of esters is 1. The van der Waals surface area contributed by atoms with Gasteiger partial charge in [0.1, 0.15) is 6.04 Å². The molecule has 0 aliphatic carbocycles. The molecule has 20 heavy (non-hydrogen) atoms. The summed E-state index contributed by atoms with van der Waals surface area (Å²) in [6, 6.07) is 12.8. The van der Waals surface area contributed by atoms with Crippen molar-refractivity contribution in [2.75, 3.05) is 5.75 Å². The Labute approximate surface area is 121 Å². The Morgan fingerprint density at radius 2 is 1.95 bits per heavy atom. The number of fused-ring (bicyclic) bond motifs is 3. The van der Waals surface area contributed by atoms with Gasteiger partial charge in [0.25, 0.3) is 0 Å². The number of carbonyl (C=O) groups excluding carboxylic acids is 1. The summed E-state index contributed by atoms with van der Waals surface area (Å²) < 4.78 is 5.37. The number of nitrogens with one attached hydrogen (secondary N) is 1. The second kappa shape index (κ2) is 5.19. The third-order valence-corrected chi connectivity index (χ3v) is 3.61. The number of aromatic nitrogens is 1. The molecule has 0 saturated heterocycles. The standard InChI is InChI=1S/C15H14N2O2S/c16-11(8-20)15(18)19-13-7-3-5-10-9-4-1-2-6-12(9)17-14(10)13/h1-7,11,17,20H,8,16H2/t11-/m0/s1. The summed E-state index contributed by atoms with van der Waals surface area (Å²) in [5, 5.41) is 2.12. The monoisotopic (exact) mass is 286 g/mol. The summed E-state index contributed by atoms with van der Waals surface area (Å²) in [7, 11) is 0. The highest BCUT2D eigenvalue weighted by Gasteiger charge is 2.16. The van der Waals surface area contributed by atoms with Crippen molar-refractivity contribution in [2.45, 2.75) is 6.04 Å². The first-order valence-electron chi connectivity index (χ1n) is 6.28. The molecule has 0 unspecified atom stereocenters. The number of nitrogens with two attached hydrogens (primary N) is 1. The highest BCUT2D eigenvalue weighted by molar-refractivity contribution is 7.80. The van der Waals surface area contributed by atoms with Crippen LogP contribution < -0.4 is 10.5 Å². The number of H-pyrrole nitrogens is 1. The van der Waals surface area contributed by atoms with Crippen LogP contribution in [0, 0.1) is 0 Å². The molecule has 1 atom stereocenters. The SMILES string of the molecule is N[C@@H](CS)C(=O)Oc1cccc2c1[nH]c1ccccc12. The van der Waals surface area contributed by atoms with E-state index < -0.39 is 12.0 Å². The zero-order valence-corrected chi connectivity index (χ0v) is 11.6. The van der Waals surface area contributed by atoms with E-state index in [0.717, 1.165) is 21.8 Å². The summed E-state index contributed by atoms with van der Waals surface area (Å²) in [5.74, 6) is 0.258. The maximum Gasteiger partial charge on any atom is 0.329 e. The zero-order chi connectivity index (χ0) is 14.1. The van der Waals surface area contributed by atoms with Crippen LogP contribution in [0.25, 0.3) is 21.8 Å². The number of para-hydroxylation sites is 2. The topological polar surface area (TPSA) is 68.1 Å². The van der Waals surface area contributed by atoms with Gasteiger partial charge >= 0.3 is 5.97 Å². The first-order chi connectivity index (χ1) is 9.70. The van der Waals surface area contributed by atoms with Gasteiger partial charge in [-0.25, -0.2) is 4.79 Å². The number of benzene rings is 2. The Hall–Kier alpha value is -1.98. The molecule has 0 aliphatic heterocycles. The van der Waals surface area contributed by atoms with Gasteiger partial charge in [-0.05, 0) is 12.1 Å². The van der Waals surface area contributed by atoms with Crippen LogP contribution in [0.4, 0.5) is 0 Å². The van der Waals surface area contributed by atoms with Gasteiger partial charge in [0, 0.05) is 22.0 Å². The second-order valence-corrected chi connectivity index (χ2v) is 4.92. The number of ether oxygens (including phenoxy) is 1. The average molecular weight is 286 g/mol. The first kappa shape index (κ1) is 13.0. The molecule has 3 N–H and O–H groups in total. The summed E-state index contributed by atoms with van der Waals surface area (Å²) in [5.41, 5.74) is 7.43. The van der Waals surface area contributed by atoms with Crippen molar-refractivity contribution in [1.29, 1.82) is 0 Å². The Bertz CT molecular complexity index is 782. The number of carbonyl (C=O) groups is 1. The number of thiol groups is 1. The molecular weight excluding hydrogens is 272 g/mol. The second-order valence-electron chi connectivity index (χ2n) is 4.56. The maximum absolute atomic E-state index is 11.8. The van der Waals surface area contributed by atoms with Gasteiger partial charge in [-0.3, -0.25) is 0 Å². The molecule has 3 rings (SSSR count). The lowest BCUT2D eigenvalue weighted by molar-refractivity contribution is -0.135. The van der Waals surface area contributed by atoms with Gasteiger partial charge in [0.2, 0.25) is 0 Å². The van der Waals surface area contributed by atoms with Crippen molar-refractivity contribution in [1.82, 2.24) is 4.98 Å². The third-order valence-electron chi connectivity index (χ3n) is 3.21. The van der Waals surface area contributed by atoms with Crippen LogP contribution in [-0.4, -0.2) is 22.7 Å². The largest absolute Gasteiger partial charge is 0.423 e. The molecule has 0 radical (unpaired) electrons. The lowest BCUT2D eigenvalue weighted by atomic mass is 10.1. The smallest absolute Gasteiger partial charge is 0.329 e. The average Bonchev–Trinajstić information content (AvgIpc) is 2.86. The third kappa shape index (κ3) is 2.15. The molecule has 0 amide bonds. The van der Waals surface area contributed by atoms with Gasteiger partial charge in [-0.1, -0.05) is 30.3 Å². The van der Waals surface area contributed by atoms with E-state index in [9.17, 15) is 4.79 Å². The van der Waals surface area contributed by atoms with Crippen LogP contribution in [-0.2, 0) is 4.79 Å². The normalized spacial score (nSPS) is 12.7. The molecule has 5 heteroatoms. The summed E-state index contributed by atoms with van der Waals surface area (Å²) in [6.07, 6.45) is 0. The van der Waals surface area contributed by atoms with Gasteiger partial charge in [-0.2, -0.15) is 12.6 Å². The van der Waals surface area contributed by atoms with Crippen molar-refractivity contribution >= 4 is 40.4 Å². The van der Waals surface area contributed by atoms with Crippen LogP contribution in [0.5, 0.6) is 5.75 Å². The van der Waals surface area contributed by atoms with Crippen LogP contribution >= 0.6 is 12.6 Å². The molecule has 0 spiro atoms. The number of hydrogen-bond donors (Lipinski definition) is 3. The van der Waals surface area contributed by atoms with E-state index in [4.69, 9.17) is 10.5 Å².